The maximum absolute atomic E-state index is 12.0. The number of halogens is 3. The average Bonchev–Trinajstić information content (AvgIpc) is 2.41. The molecule has 0 saturated heterocycles. The topological polar surface area (TPSA) is 29.1 Å². The van der Waals surface area contributed by atoms with Crippen LogP contribution in [0.4, 0.5) is 0 Å². The van der Waals surface area contributed by atoms with E-state index in [1.54, 1.807) is 18.2 Å². The maximum Gasteiger partial charge on any atom is 0.251 e. The van der Waals surface area contributed by atoms with Crippen molar-refractivity contribution in [1.29, 1.82) is 0 Å². The van der Waals surface area contributed by atoms with Crippen LogP contribution in [0.25, 0.3) is 0 Å². The molecule has 98 valence electrons. The van der Waals surface area contributed by atoms with Gasteiger partial charge in [-0.2, -0.15) is 0 Å². The summed E-state index contributed by atoms with van der Waals surface area (Å²) in [6.45, 7) is 0.486. The summed E-state index contributed by atoms with van der Waals surface area (Å²) < 4.78 is 1.79. The Morgan fingerprint density at radius 2 is 1.79 bits per heavy atom. The summed E-state index contributed by atoms with van der Waals surface area (Å²) in [7, 11) is 0. The molecule has 0 fully saturated rings. The summed E-state index contributed by atoms with van der Waals surface area (Å²) in [4.78, 5) is 12.0. The zero-order valence-electron chi connectivity index (χ0n) is 9.79. The van der Waals surface area contributed by atoms with Gasteiger partial charge in [0, 0.05) is 21.1 Å². The Morgan fingerprint density at radius 3 is 2.42 bits per heavy atom. The van der Waals surface area contributed by atoms with Crippen LogP contribution in [-0.4, -0.2) is 5.91 Å². The summed E-state index contributed by atoms with van der Waals surface area (Å²) in [5, 5.41) is 3.38. The highest BCUT2D eigenvalue weighted by molar-refractivity contribution is 9.10. The molecule has 1 N–H and O–H groups in total. The van der Waals surface area contributed by atoms with E-state index in [0.717, 1.165) is 14.5 Å². The van der Waals surface area contributed by atoms with Crippen LogP contribution in [0.5, 0.6) is 0 Å². The lowest BCUT2D eigenvalue weighted by molar-refractivity contribution is 0.0951. The zero-order valence-corrected chi connectivity index (χ0v) is 13.7. The summed E-state index contributed by atoms with van der Waals surface area (Å²) in [5.41, 5.74) is 1.59. The van der Waals surface area contributed by atoms with Gasteiger partial charge in [-0.25, -0.2) is 0 Å². The molecule has 0 aliphatic rings. The summed E-state index contributed by atoms with van der Waals surface area (Å²) in [6, 6.07) is 12.9. The minimum atomic E-state index is -0.141. The second-order valence-electron chi connectivity index (χ2n) is 3.94. The average molecular weight is 404 g/mol. The first-order valence-corrected chi connectivity index (χ1v) is 7.50. The molecule has 2 nitrogen and oxygen atoms in total. The quantitative estimate of drug-likeness (QED) is 0.784. The van der Waals surface area contributed by atoms with Gasteiger partial charge in [0.05, 0.1) is 5.02 Å². The number of carbonyl (C=O) groups excluding carboxylic acids is 1. The first-order valence-electron chi connectivity index (χ1n) is 5.54. The van der Waals surface area contributed by atoms with Crippen molar-refractivity contribution < 1.29 is 4.79 Å². The first kappa shape index (κ1) is 14.6. The molecular formula is C14H10Br2ClNO. The van der Waals surface area contributed by atoms with Gasteiger partial charge in [-0.15, -0.1) is 0 Å². The molecule has 0 atom stereocenters. The van der Waals surface area contributed by atoms with Crippen molar-refractivity contribution in [1.82, 2.24) is 5.32 Å². The second kappa shape index (κ2) is 6.55. The Morgan fingerprint density at radius 1 is 1.11 bits per heavy atom. The van der Waals surface area contributed by atoms with Crippen LogP contribution >= 0.6 is 43.5 Å². The predicted molar refractivity (Wildman–Crippen MR) is 84.5 cm³/mol. The summed E-state index contributed by atoms with van der Waals surface area (Å²) in [5.74, 6) is -0.141. The number of carbonyl (C=O) groups is 1. The fraction of sp³-hybridized carbons (Fsp3) is 0.0714. The van der Waals surface area contributed by atoms with E-state index in [4.69, 9.17) is 11.6 Å². The van der Waals surface area contributed by atoms with E-state index in [2.05, 4.69) is 37.2 Å². The van der Waals surface area contributed by atoms with E-state index < -0.39 is 0 Å². The van der Waals surface area contributed by atoms with Crippen molar-refractivity contribution in [2.75, 3.05) is 0 Å². The van der Waals surface area contributed by atoms with E-state index in [-0.39, 0.29) is 5.91 Å². The molecular weight excluding hydrogens is 393 g/mol. The fourth-order valence-electron chi connectivity index (χ4n) is 1.52. The van der Waals surface area contributed by atoms with E-state index >= 15 is 0 Å². The van der Waals surface area contributed by atoms with E-state index in [1.165, 1.54) is 0 Å². The Labute approximate surface area is 133 Å². The largest absolute Gasteiger partial charge is 0.348 e. The van der Waals surface area contributed by atoms with Crippen LogP contribution in [-0.2, 0) is 6.54 Å². The Kier molecular flexibility index (Phi) is 5.02. The lowest BCUT2D eigenvalue weighted by Crippen LogP contribution is -2.22. The number of rotatable bonds is 3. The molecule has 0 aliphatic heterocycles. The van der Waals surface area contributed by atoms with Crippen molar-refractivity contribution in [3.63, 3.8) is 0 Å². The number of nitrogens with one attached hydrogen (secondary N) is 1. The van der Waals surface area contributed by atoms with E-state index in [9.17, 15) is 4.79 Å². The van der Waals surface area contributed by atoms with Crippen LogP contribution in [0.15, 0.2) is 51.4 Å². The number of hydrogen-bond donors (Lipinski definition) is 1. The third kappa shape index (κ3) is 4.06. The second-order valence-corrected chi connectivity index (χ2v) is 6.12. The summed E-state index contributed by atoms with van der Waals surface area (Å²) in [6.07, 6.45) is 0. The molecule has 19 heavy (non-hydrogen) atoms. The number of benzene rings is 2. The molecule has 0 saturated carbocycles. The van der Waals surface area contributed by atoms with Crippen molar-refractivity contribution in [2.45, 2.75) is 6.54 Å². The van der Waals surface area contributed by atoms with Gasteiger partial charge in [0.15, 0.2) is 0 Å². The van der Waals surface area contributed by atoms with Gasteiger partial charge in [0.25, 0.3) is 5.91 Å². The van der Waals surface area contributed by atoms with Crippen molar-refractivity contribution in [2.24, 2.45) is 0 Å². The zero-order chi connectivity index (χ0) is 13.8. The van der Waals surface area contributed by atoms with E-state index in [1.807, 2.05) is 24.3 Å². The van der Waals surface area contributed by atoms with Gasteiger partial charge in [-0.05, 0) is 51.8 Å². The van der Waals surface area contributed by atoms with Crippen molar-refractivity contribution in [3.8, 4) is 0 Å². The minimum Gasteiger partial charge on any atom is -0.348 e. The minimum absolute atomic E-state index is 0.141. The third-order valence-corrected chi connectivity index (χ3v) is 4.31. The van der Waals surface area contributed by atoms with Gasteiger partial charge >= 0.3 is 0 Å². The molecule has 0 aliphatic carbocycles. The third-order valence-electron chi connectivity index (χ3n) is 2.55. The standard InChI is InChI=1S/C14H10Br2ClNO/c15-11-4-1-9(2-5-11)8-18-14(19)10-3-6-12(16)13(17)7-10/h1-7H,8H2,(H,18,19). The lowest BCUT2D eigenvalue weighted by atomic mass is 10.2. The highest BCUT2D eigenvalue weighted by Crippen LogP contribution is 2.23. The monoisotopic (exact) mass is 401 g/mol. The van der Waals surface area contributed by atoms with Gasteiger partial charge in [-0.1, -0.05) is 39.7 Å². The molecule has 2 rings (SSSR count). The van der Waals surface area contributed by atoms with Crippen LogP contribution in [0.2, 0.25) is 5.02 Å². The molecule has 0 aromatic heterocycles. The van der Waals surface area contributed by atoms with Crippen LogP contribution in [0.1, 0.15) is 15.9 Å². The molecule has 0 heterocycles. The SMILES string of the molecule is O=C(NCc1ccc(Br)cc1)c1ccc(Br)c(Cl)c1. The normalized spacial score (nSPS) is 10.3. The van der Waals surface area contributed by atoms with Gasteiger partial charge in [-0.3, -0.25) is 4.79 Å². The van der Waals surface area contributed by atoms with Crippen LogP contribution < -0.4 is 5.32 Å². The highest BCUT2D eigenvalue weighted by atomic mass is 79.9. The Hall–Kier alpha value is -0.840. The number of amides is 1. The molecule has 2 aromatic carbocycles. The van der Waals surface area contributed by atoms with Crippen LogP contribution in [0, 0.1) is 0 Å². The van der Waals surface area contributed by atoms with Gasteiger partial charge < -0.3 is 5.32 Å². The van der Waals surface area contributed by atoms with Gasteiger partial charge in [0.1, 0.15) is 0 Å². The first-order chi connectivity index (χ1) is 9.06. The molecule has 2 aromatic rings. The van der Waals surface area contributed by atoms with Gasteiger partial charge in [0.2, 0.25) is 0 Å². The maximum atomic E-state index is 12.0. The van der Waals surface area contributed by atoms with Crippen molar-refractivity contribution in [3.05, 3.63) is 67.6 Å². The molecule has 0 radical (unpaired) electrons. The van der Waals surface area contributed by atoms with E-state index in [0.29, 0.717) is 17.1 Å². The highest BCUT2D eigenvalue weighted by Gasteiger charge is 2.07. The molecule has 1 amide bonds. The summed E-state index contributed by atoms with van der Waals surface area (Å²) >= 11 is 12.6. The molecule has 0 bridgehead atoms. The lowest BCUT2D eigenvalue weighted by Gasteiger charge is -2.06. The molecule has 0 unspecified atom stereocenters. The molecule has 5 heteroatoms. The van der Waals surface area contributed by atoms with Crippen LogP contribution in [0.3, 0.4) is 0 Å². The number of hydrogen-bond acceptors (Lipinski definition) is 1. The smallest absolute Gasteiger partial charge is 0.251 e. The fourth-order valence-corrected chi connectivity index (χ4v) is 2.22. The Bertz CT molecular complexity index is 599. The van der Waals surface area contributed by atoms with Crippen molar-refractivity contribution >= 4 is 49.4 Å². The predicted octanol–water partition coefficient (Wildman–Crippen LogP) is 4.80. The Balaban J connectivity index is 2.01. The molecule has 0 spiro atoms.